The van der Waals surface area contributed by atoms with Crippen molar-refractivity contribution < 1.29 is 13.2 Å². The average Bonchev–Trinajstić information content (AvgIpc) is 2.30. The minimum Gasteiger partial charge on any atom is -0.303 e. The first-order valence-corrected chi connectivity index (χ1v) is 5.87. The van der Waals surface area contributed by atoms with Crippen LogP contribution in [0.1, 0.15) is 6.92 Å². The molecule has 0 bridgehead atoms. The number of carbonyl (C=O) groups is 1. The number of imidazole rings is 1. The lowest BCUT2D eigenvalue weighted by Gasteiger charge is -2.02. The molecule has 0 saturated carbocycles. The van der Waals surface area contributed by atoms with Crippen molar-refractivity contribution in [2.75, 3.05) is 5.32 Å². The molecule has 0 spiro atoms. The predicted octanol–water partition coefficient (Wildman–Crippen LogP) is 0.306. The molecular weight excluding hydrogens is 230 g/mol. The van der Waals surface area contributed by atoms with E-state index in [1.54, 1.807) is 0 Å². The molecule has 1 rings (SSSR count). The Morgan fingerprint density at radius 1 is 1.64 bits per heavy atom. The van der Waals surface area contributed by atoms with E-state index in [9.17, 15) is 13.2 Å². The van der Waals surface area contributed by atoms with Crippen molar-refractivity contribution in [2.45, 2.75) is 11.9 Å². The molecule has 78 valence electrons. The van der Waals surface area contributed by atoms with E-state index in [1.807, 2.05) is 0 Å². The number of rotatable bonds is 2. The van der Waals surface area contributed by atoms with Crippen LogP contribution in [0.15, 0.2) is 11.2 Å². The minimum atomic E-state index is -3.83. The summed E-state index contributed by atoms with van der Waals surface area (Å²) in [5.41, 5.74) is 0. The summed E-state index contributed by atoms with van der Waals surface area (Å²) >= 11 is 0. The van der Waals surface area contributed by atoms with Crippen LogP contribution in [0.25, 0.3) is 0 Å². The van der Waals surface area contributed by atoms with Crippen molar-refractivity contribution >= 4 is 31.6 Å². The number of hydrogen-bond donors (Lipinski definition) is 1. The van der Waals surface area contributed by atoms with E-state index in [2.05, 4.69) is 10.3 Å². The van der Waals surface area contributed by atoms with Crippen LogP contribution in [-0.2, 0) is 20.9 Å². The fourth-order valence-corrected chi connectivity index (χ4v) is 1.92. The second-order valence-corrected chi connectivity index (χ2v) is 5.11. The maximum atomic E-state index is 10.9. The van der Waals surface area contributed by atoms with E-state index in [-0.39, 0.29) is 16.9 Å². The zero-order valence-corrected chi connectivity index (χ0v) is 9.06. The van der Waals surface area contributed by atoms with Crippen LogP contribution in [0.5, 0.6) is 0 Å². The van der Waals surface area contributed by atoms with Gasteiger partial charge in [0.1, 0.15) is 0 Å². The standard InChI is InChI=1S/C6H8ClN3O3S/c1-4(11)9-6-8-3-5(10(6)2)14(7,12)13/h3H,1-2H3,(H,8,9,11). The van der Waals surface area contributed by atoms with Gasteiger partial charge in [-0.2, -0.15) is 0 Å². The molecular formula is C6H8ClN3O3S. The molecule has 0 aliphatic rings. The van der Waals surface area contributed by atoms with Crippen LogP contribution in [-0.4, -0.2) is 23.9 Å². The number of amides is 1. The topological polar surface area (TPSA) is 81.1 Å². The summed E-state index contributed by atoms with van der Waals surface area (Å²) in [4.78, 5) is 14.4. The Hall–Kier alpha value is -1.08. The lowest BCUT2D eigenvalue weighted by Crippen LogP contribution is -2.11. The Labute approximate surface area is 85.3 Å². The largest absolute Gasteiger partial charge is 0.303 e. The van der Waals surface area contributed by atoms with Gasteiger partial charge in [-0.1, -0.05) is 0 Å². The van der Waals surface area contributed by atoms with Crippen LogP contribution in [0.2, 0.25) is 0 Å². The first kappa shape index (κ1) is 11.0. The van der Waals surface area contributed by atoms with E-state index in [0.717, 1.165) is 6.20 Å². The highest BCUT2D eigenvalue weighted by Crippen LogP contribution is 2.17. The van der Waals surface area contributed by atoms with Crippen molar-refractivity contribution in [3.8, 4) is 0 Å². The van der Waals surface area contributed by atoms with E-state index < -0.39 is 9.05 Å². The molecule has 1 heterocycles. The smallest absolute Gasteiger partial charge is 0.278 e. The Kier molecular flexibility index (Phi) is 2.81. The van der Waals surface area contributed by atoms with Crippen LogP contribution >= 0.6 is 10.7 Å². The number of hydrogen-bond acceptors (Lipinski definition) is 4. The van der Waals surface area contributed by atoms with Gasteiger partial charge < -0.3 is 4.57 Å². The zero-order chi connectivity index (χ0) is 10.9. The second-order valence-electron chi connectivity index (χ2n) is 2.60. The van der Waals surface area contributed by atoms with Crippen molar-refractivity contribution in [2.24, 2.45) is 7.05 Å². The molecule has 0 fully saturated rings. The second kappa shape index (κ2) is 3.58. The highest BCUT2D eigenvalue weighted by molar-refractivity contribution is 8.13. The van der Waals surface area contributed by atoms with Gasteiger partial charge in [0.05, 0.1) is 6.20 Å². The average molecular weight is 238 g/mol. The maximum absolute atomic E-state index is 10.9. The summed E-state index contributed by atoms with van der Waals surface area (Å²) in [6.07, 6.45) is 1.08. The number of nitrogens with one attached hydrogen (secondary N) is 1. The Bertz CT molecular complexity index is 465. The fourth-order valence-electron chi connectivity index (χ4n) is 0.894. The molecule has 0 atom stereocenters. The van der Waals surface area contributed by atoms with E-state index in [4.69, 9.17) is 10.7 Å². The number of halogens is 1. The number of nitrogens with zero attached hydrogens (tertiary/aromatic N) is 2. The summed E-state index contributed by atoms with van der Waals surface area (Å²) in [5.74, 6) is -0.200. The molecule has 0 saturated heterocycles. The van der Waals surface area contributed by atoms with Gasteiger partial charge in [-0.25, -0.2) is 13.4 Å². The quantitative estimate of drug-likeness (QED) is 0.751. The van der Waals surface area contributed by atoms with Crippen molar-refractivity contribution in [3.05, 3.63) is 6.20 Å². The Balaban J connectivity index is 3.16. The fraction of sp³-hybridized carbons (Fsp3) is 0.333. The molecule has 1 N–H and O–H groups in total. The Morgan fingerprint density at radius 2 is 2.21 bits per heavy atom. The number of carbonyl (C=O) groups excluding carboxylic acids is 1. The highest BCUT2D eigenvalue weighted by atomic mass is 35.7. The lowest BCUT2D eigenvalue weighted by atomic mass is 10.7. The van der Waals surface area contributed by atoms with Gasteiger partial charge >= 0.3 is 0 Å². The molecule has 0 radical (unpaired) electrons. The summed E-state index contributed by atoms with van der Waals surface area (Å²) in [7, 11) is 2.72. The number of anilines is 1. The van der Waals surface area contributed by atoms with Gasteiger partial charge in [-0.15, -0.1) is 0 Å². The molecule has 1 amide bonds. The maximum Gasteiger partial charge on any atom is 0.278 e. The molecule has 0 aliphatic carbocycles. The molecule has 14 heavy (non-hydrogen) atoms. The third-order valence-electron chi connectivity index (χ3n) is 1.48. The molecule has 1 aromatic heterocycles. The van der Waals surface area contributed by atoms with Gasteiger partial charge in [0.2, 0.25) is 11.9 Å². The summed E-state index contributed by atoms with van der Waals surface area (Å²) in [6, 6.07) is 0. The first-order chi connectivity index (χ1) is 6.32. The molecule has 0 unspecified atom stereocenters. The van der Waals surface area contributed by atoms with E-state index >= 15 is 0 Å². The lowest BCUT2D eigenvalue weighted by molar-refractivity contribution is -0.114. The van der Waals surface area contributed by atoms with Crippen molar-refractivity contribution in [1.29, 1.82) is 0 Å². The summed E-state index contributed by atoms with van der Waals surface area (Å²) in [5, 5.41) is 2.19. The summed E-state index contributed by atoms with van der Waals surface area (Å²) < 4.78 is 23.1. The molecule has 0 aromatic carbocycles. The third kappa shape index (κ3) is 2.24. The third-order valence-corrected chi connectivity index (χ3v) is 2.84. The van der Waals surface area contributed by atoms with Crippen LogP contribution in [0, 0.1) is 0 Å². The highest BCUT2D eigenvalue weighted by Gasteiger charge is 2.17. The van der Waals surface area contributed by atoms with Gasteiger partial charge in [-0.05, 0) is 0 Å². The van der Waals surface area contributed by atoms with Crippen LogP contribution in [0.3, 0.4) is 0 Å². The van der Waals surface area contributed by atoms with Crippen LogP contribution in [0.4, 0.5) is 5.95 Å². The van der Waals surface area contributed by atoms with Crippen molar-refractivity contribution in [3.63, 3.8) is 0 Å². The summed E-state index contributed by atoms with van der Waals surface area (Å²) in [6.45, 7) is 1.30. The van der Waals surface area contributed by atoms with E-state index in [1.165, 1.54) is 18.5 Å². The Morgan fingerprint density at radius 3 is 2.57 bits per heavy atom. The monoisotopic (exact) mass is 237 g/mol. The van der Waals surface area contributed by atoms with Crippen LogP contribution < -0.4 is 5.32 Å². The molecule has 6 nitrogen and oxygen atoms in total. The van der Waals surface area contributed by atoms with Crippen molar-refractivity contribution in [1.82, 2.24) is 9.55 Å². The van der Waals surface area contributed by atoms with Gasteiger partial charge in [0.25, 0.3) is 9.05 Å². The van der Waals surface area contributed by atoms with Gasteiger partial charge in [-0.3, -0.25) is 10.1 Å². The molecule has 0 aliphatic heterocycles. The number of aromatic nitrogens is 2. The first-order valence-electron chi connectivity index (χ1n) is 3.56. The molecule has 1 aromatic rings. The van der Waals surface area contributed by atoms with Gasteiger partial charge in [0.15, 0.2) is 5.03 Å². The zero-order valence-electron chi connectivity index (χ0n) is 7.48. The predicted molar refractivity (Wildman–Crippen MR) is 50.6 cm³/mol. The van der Waals surface area contributed by atoms with E-state index in [0.29, 0.717) is 0 Å². The normalized spacial score (nSPS) is 11.4. The minimum absolute atomic E-state index is 0.136. The SMILES string of the molecule is CC(=O)Nc1ncc(S(=O)(=O)Cl)n1C. The van der Waals surface area contributed by atoms with Gasteiger partial charge in [0, 0.05) is 24.7 Å². The molecule has 8 heteroatoms.